The Bertz CT molecular complexity index is 578. The summed E-state index contributed by atoms with van der Waals surface area (Å²) in [5, 5.41) is 0. The second kappa shape index (κ2) is 4.60. The van der Waals surface area contributed by atoms with Gasteiger partial charge in [-0.15, -0.1) is 0 Å². The molecule has 5 heteroatoms. The molecule has 1 aromatic carbocycles. The van der Waals surface area contributed by atoms with E-state index in [-0.39, 0.29) is 16.8 Å². The number of pyridine rings is 1. The average molecular weight is 251 g/mol. The Morgan fingerprint density at radius 1 is 1.11 bits per heavy atom. The minimum absolute atomic E-state index is 0.0336. The summed E-state index contributed by atoms with van der Waals surface area (Å²) in [7, 11) is 0. The van der Waals surface area contributed by atoms with Crippen LogP contribution in [0.25, 0.3) is 11.3 Å². The fourth-order valence-electron chi connectivity index (χ4n) is 1.62. The molecule has 2 aromatic rings. The summed E-state index contributed by atoms with van der Waals surface area (Å²) < 4.78 is 38.5. The molecule has 0 N–H and O–H groups in total. The van der Waals surface area contributed by atoms with Crippen LogP contribution in [-0.2, 0) is 6.18 Å². The highest BCUT2D eigenvalue weighted by molar-refractivity contribution is 5.78. The minimum Gasteiger partial charge on any atom is -0.298 e. The number of aromatic nitrogens is 1. The molecule has 0 aliphatic rings. The van der Waals surface area contributed by atoms with Crippen molar-refractivity contribution in [1.82, 2.24) is 4.98 Å². The predicted molar refractivity (Wildman–Crippen MR) is 60.1 cm³/mol. The van der Waals surface area contributed by atoms with Gasteiger partial charge in [-0.25, -0.2) is 0 Å². The molecular weight excluding hydrogens is 243 g/mol. The highest BCUT2D eigenvalue weighted by Gasteiger charge is 2.33. The van der Waals surface area contributed by atoms with Crippen molar-refractivity contribution >= 4 is 6.29 Å². The van der Waals surface area contributed by atoms with E-state index in [9.17, 15) is 18.0 Å². The molecule has 1 aromatic heterocycles. The van der Waals surface area contributed by atoms with Crippen LogP contribution in [-0.4, -0.2) is 11.3 Å². The van der Waals surface area contributed by atoms with E-state index < -0.39 is 11.7 Å². The van der Waals surface area contributed by atoms with Crippen LogP contribution in [0.4, 0.5) is 13.2 Å². The monoisotopic (exact) mass is 251 g/mol. The molecule has 2 rings (SSSR count). The zero-order valence-corrected chi connectivity index (χ0v) is 9.11. The molecule has 0 bridgehead atoms. The van der Waals surface area contributed by atoms with Crippen LogP contribution in [0.3, 0.4) is 0 Å². The predicted octanol–water partition coefficient (Wildman–Crippen LogP) is 3.58. The van der Waals surface area contributed by atoms with Crippen molar-refractivity contribution in [2.24, 2.45) is 0 Å². The second-order valence-corrected chi connectivity index (χ2v) is 3.64. The molecule has 0 aliphatic heterocycles. The van der Waals surface area contributed by atoms with Crippen LogP contribution < -0.4 is 0 Å². The third-order valence-corrected chi connectivity index (χ3v) is 2.43. The minimum atomic E-state index is -4.45. The first kappa shape index (κ1) is 12.3. The first-order valence-electron chi connectivity index (χ1n) is 5.10. The van der Waals surface area contributed by atoms with Crippen LogP contribution >= 0.6 is 0 Å². The number of carbonyl (C=O) groups is 1. The Morgan fingerprint density at radius 2 is 1.83 bits per heavy atom. The van der Waals surface area contributed by atoms with Gasteiger partial charge in [0.1, 0.15) is 6.29 Å². The number of aldehydes is 1. The lowest BCUT2D eigenvalue weighted by molar-refractivity contribution is -0.137. The van der Waals surface area contributed by atoms with E-state index in [4.69, 9.17) is 0 Å². The maximum Gasteiger partial charge on any atom is 0.417 e. The molecule has 92 valence electrons. The Morgan fingerprint density at radius 3 is 2.50 bits per heavy atom. The second-order valence-electron chi connectivity index (χ2n) is 3.64. The number of hydrogen-bond acceptors (Lipinski definition) is 2. The van der Waals surface area contributed by atoms with Crippen molar-refractivity contribution < 1.29 is 18.0 Å². The summed E-state index contributed by atoms with van der Waals surface area (Å²) in [6.45, 7) is 0. The van der Waals surface area contributed by atoms with Crippen molar-refractivity contribution in [3.05, 3.63) is 53.7 Å². The van der Waals surface area contributed by atoms with E-state index in [1.807, 2.05) is 0 Å². The Kier molecular flexibility index (Phi) is 3.14. The fourth-order valence-corrected chi connectivity index (χ4v) is 1.62. The summed E-state index contributed by atoms with van der Waals surface area (Å²) >= 11 is 0. The van der Waals surface area contributed by atoms with E-state index in [1.165, 1.54) is 36.5 Å². The van der Waals surface area contributed by atoms with E-state index in [1.54, 1.807) is 0 Å². The lowest BCUT2D eigenvalue weighted by Crippen LogP contribution is -2.07. The number of nitrogens with zero attached hydrogens (tertiary/aromatic N) is 1. The topological polar surface area (TPSA) is 30.0 Å². The van der Waals surface area contributed by atoms with E-state index in [0.29, 0.717) is 6.29 Å². The van der Waals surface area contributed by atoms with Gasteiger partial charge in [0.2, 0.25) is 0 Å². The summed E-state index contributed by atoms with van der Waals surface area (Å²) in [4.78, 5) is 14.5. The maximum atomic E-state index is 12.8. The van der Waals surface area contributed by atoms with Gasteiger partial charge in [-0.1, -0.05) is 18.2 Å². The quantitative estimate of drug-likeness (QED) is 0.763. The van der Waals surface area contributed by atoms with Crippen molar-refractivity contribution in [3.63, 3.8) is 0 Å². The molecule has 0 amide bonds. The highest BCUT2D eigenvalue weighted by Crippen LogP contribution is 2.36. The lowest BCUT2D eigenvalue weighted by atomic mass is 10.0. The summed E-state index contributed by atoms with van der Waals surface area (Å²) in [6.07, 6.45) is -2.57. The summed E-state index contributed by atoms with van der Waals surface area (Å²) in [5.74, 6) is 0. The molecule has 1 heterocycles. The zero-order chi connectivity index (χ0) is 13.2. The van der Waals surface area contributed by atoms with Crippen molar-refractivity contribution in [2.45, 2.75) is 6.18 Å². The van der Waals surface area contributed by atoms with Crippen molar-refractivity contribution in [1.29, 1.82) is 0 Å². The average Bonchev–Trinajstić information content (AvgIpc) is 2.38. The van der Waals surface area contributed by atoms with Gasteiger partial charge in [-0.3, -0.25) is 9.78 Å². The van der Waals surface area contributed by atoms with E-state index in [2.05, 4.69) is 4.98 Å². The number of benzene rings is 1. The fraction of sp³-hybridized carbons (Fsp3) is 0.0769. The van der Waals surface area contributed by atoms with Crippen LogP contribution in [0.2, 0.25) is 0 Å². The number of hydrogen-bond donors (Lipinski definition) is 0. The Labute approximate surface area is 101 Å². The highest BCUT2D eigenvalue weighted by atomic mass is 19.4. The molecule has 0 saturated heterocycles. The van der Waals surface area contributed by atoms with Gasteiger partial charge in [0, 0.05) is 17.3 Å². The van der Waals surface area contributed by atoms with Crippen LogP contribution in [0, 0.1) is 0 Å². The first-order valence-corrected chi connectivity index (χ1v) is 5.10. The summed E-state index contributed by atoms with van der Waals surface area (Å²) in [5.41, 5.74) is -0.376. The largest absolute Gasteiger partial charge is 0.417 e. The molecule has 0 spiro atoms. The van der Waals surface area contributed by atoms with E-state index in [0.717, 1.165) is 6.07 Å². The number of rotatable bonds is 2. The maximum absolute atomic E-state index is 12.8. The number of carbonyl (C=O) groups excluding carboxylic acids is 1. The van der Waals surface area contributed by atoms with Gasteiger partial charge in [0.25, 0.3) is 0 Å². The molecule has 0 radical (unpaired) electrons. The van der Waals surface area contributed by atoms with E-state index >= 15 is 0 Å². The van der Waals surface area contributed by atoms with Gasteiger partial charge in [-0.2, -0.15) is 13.2 Å². The normalized spacial score (nSPS) is 11.3. The van der Waals surface area contributed by atoms with Crippen molar-refractivity contribution in [2.75, 3.05) is 0 Å². The molecule has 0 unspecified atom stereocenters. The number of alkyl halides is 3. The van der Waals surface area contributed by atoms with Gasteiger partial charge < -0.3 is 0 Å². The van der Waals surface area contributed by atoms with Crippen LogP contribution in [0.5, 0.6) is 0 Å². The molecule has 18 heavy (non-hydrogen) atoms. The number of halogens is 3. The van der Waals surface area contributed by atoms with Crippen LogP contribution in [0.15, 0.2) is 42.6 Å². The van der Waals surface area contributed by atoms with Crippen molar-refractivity contribution in [3.8, 4) is 11.3 Å². The molecule has 0 atom stereocenters. The SMILES string of the molecule is O=Cc1ccnc(-c2ccccc2C(F)(F)F)c1. The molecule has 0 saturated carbocycles. The van der Waals surface area contributed by atoms with Gasteiger partial charge in [-0.05, 0) is 18.2 Å². The van der Waals surface area contributed by atoms with Gasteiger partial charge >= 0.3 is 6.18 Å². The third-order valence-electron chi connectivity index (χ3n) is 2.43. The zero-order valence-electron chi connectivity index (χ0n) is 9.11. The van der Waals surface area contributed by atoms with Crippen LogP contribution in [0.1, 0.15) is 15.9 Å². The molecule has 2 nitrogen and oxygen atoms in total. The molecular formula is C13H8F3NO. The summed E-state index contributed by atoms with van der Waals surface area (Å²) in [6, 6.07) is 7.91. The van der Waals surface area contributed by atoms with Gasteiger partial charge in [0.15, 0.2) is 0 Å². The lowest BCUT2D eigenvalue weighted by Gasteiger charge is -2.12. The standard InChI is InChI=1S/C13H8F3NO/c14-13(15,16)11-4-2-1-3-10(11)12-7-9(8-18)5-6-17-12/h1-8H. The Hall–Kier alpha value is -2.17. The smallest absolute Gasteiger partial charge is 0.298 e. The molecule has 0 aliphatic carbocycles. The van der Waals surface area contributed by atoms with Gasteiger partial charge in [0.05, 0.1) is 11.3 Å². The third kappa shape index (κ3) is 2.40. The first-order chi connectivity index (χ1) is 8.52. The Balaban J connectivity index is 2.60. The molecule has 0 fully saturated rings.